The molecule has 5 heteroatoms. The van der Waals surface area contributed by atoms with E-state index in [1.54, 1.807) is 7.05 Å². The minimum atomic E-state index is -0.0573. The first-order chi connectivity index (χ1) is 11.7. The van der Waals surface area contributed by atoms with Gasteiger partial charge in [-0.3, -0.25) is 9.79 Å². The number of amides is 1. The number of aliphatic imine (C=N–C) groups is 1. The normalized spacial score (nSPS) is 18.1. The van der Waals surface area contributed by atoms with Gasteiger partial charge in [-0.05, 0) is 30.4 Å². The van der Waals surface area contributed by atoms with E-state index in [4.69, 9.17) is 0 Å². The molecule has 0 aliphatic carbocycles. The molecule has 1 heterocycles. The zero-order valence-electron chi connectivity index (χ0n) is 15.1. The molecule has 1 aliphatic heterocycles. The second-order valence-corrected chi connectivity index (χ2v) is 6.39. The van der Waals surface area contributed by atoms with Crippen LogP contribution in [0.5, 0.6) is 0 Å². The Bertz CT molecular complexity index is 540. The first kappa shape index (κ1) is 18.3. The molecule has 2 rings (SSSR count). The second kappa shape index (κ2) is 9.30. The maximum Gasteiger partial charge on any atom is 0.243 e. The van der Waals surface area contributed by atoms with E-state index in [0.29, 0.717) is 0 Å². The molecule has 1 unspecified atom stereocenters. The van der Waals surface area contributed by atoms with Crippen molar-refractivity contribution in [1.29, 1.82) is 0 Å². The third-order valence-corrected chi connectivity index (χ3v) is 4.92. The van der Waals surface area contributed by atoms with Gasteiger partial charge < -0.3 is 15.5 Å². The van der Waals surface area contributed by atoms with E-state index in [-0.39, 0.29) is 12.5 Å². The lowest BCUT2D eigenvalue weighted by molar-refractivity contribution is -0.115. The molecule has 0 spiro atoms. The third-order valence-electron chi connectivity index (χ3n) is 4.92. The molecule has 1 atom stereocenters. The summed E-state index contributed by atoms with van der Waals surface area (Å²) in [7, 11) is 1.78. The van der Waals surface area contributed by atoms with Gasteiger partial charge in [0, 0.05) is 25.8 Å². The van der Waals surface area contributed by atoms with Crippen LogP contribution in [0, 0.1) is 11.8 Å². The number of rotatable bonds is 6. The highest BCUT2D eigenvalue weighted by atomic mass is 16.1. The van der Waals surface area contributed by atoms with E-state index < -0.39 is 0 Å². The summed E-state index contributed by atoms with van der Waals surface area (Å²) >= 11 is 0. The molecule has 1 aromatic rings. The number of nitrogens with zero attached hydrogens (tertiary/aromatic N) is 2. The van der Waals surface area contributed by atoms with E-state index in [2.05, 4.69) is 34.4 Å². The molecule has 0 bridgehead atoms. The first-order valence-electron chi connectivity index (χ1n) is 8.98. The van der Waals surface area contributed by atoms with E-state index in [0.717, 1.165) is 36.6 Å². The van der Waals surface area contributed by atoms with Gasteiger partial charge >= 0.3 is 0 Å². The zero-order chi connectivity index (χ0) is 17.4. The Morgan fingerprint density at radius 1 is 1.29 bits per heavy atom. The molecule has 132 valence electrons. The predicted molar refractivity (Wildman–Crippen MR) is 100 cm³/mol. The molecule has 1 saturated heterocycles. The highest BCUT2D eigenvalue weighted by Crippen LogP contribution is 2.28. The van der Waals surface area contributed by atoms with Gasteiger partial charge in [0.25, 0.3) is 0 Å². The van der Waals surface area contributed by atoms with Crippen LogP contribution in [0.2, 0.25) is 0 Å². The van der Waals surface area contributed by atoms with Crippen LogP contribution in [0.25, 0.3) is 0 Å². The smallest absolute Gasteiger partial charge is 0.243 e. The highest BCUT2D eigenvalue weighted by molar-refractivity contribution is 5.95. The van der Waals surface area contributed by atoms with Gasteiger partial charge in [-0.1, -0.05) is 44.9 Å². The van der Waals surface area contributed by atoms with Gasteiger partial charge in [-0.15, -0.1) is 0 Å². The fourth-order valence-corrected chi connectivity index (χ4v) is 3.54. The molecule has 2 N–H and O–H groups in total. The number of guanidine groups is 1. The minimum Gasteiger partial charge on any atom is -0.347 e. The first-order valence-corrected chi connectivity index (χ1v) is 8.98. The number of carbonyl (C=O) groups excluding carboxylic acids is 1. The maximum atomic E-state index is 12.1. The molecule has 0 radical (unpaired) electrons. The number of anilines is 1. The second-order valence-electron chi connectivity index (χ2n) is 6.39. The van der Waals surface area contributed by atoms with Crippen LogP contribution in [-0.4, -0.2) is 43.4 Å². The molecule has 1 aliphatic rings. The fraction of sp³-hybridized carbons (Fsp3) is 0.579. The average Bonchev–Trinajstić information content (AvgIpc) is 3.07. The van der Waals surface area contributed by atoms with Crippen molar-refractivity contribution < 1.29 is 4.79 Å². The number of likely N-dealkylation sites (tertiary alicyclic amines) is 1. The number of carbonyl (C=O) groups is 1. The van der Waals surface area contributed by atoms with Crippen LogP contribution >= 0.6 is 0 Å². The van der Waals surface area contributed by atoms with Gasteiger partial charge in [0.1, 0.15) is 0 Å². The molecule has 5 nitrogen and oxygen atoms in total. The average molecular weight is 330 g/mol. The van der Waals surface area contributed by atoms with Crippen molar-refractivity contribution in [3.05, 3.63) is 30.3 Å². The van der Waals surface area contributed by atoms with Gasteiger partial charge in [0.15, 0.2) is 5.96 Å². The van der Waals surface area contributed by atoms with Crippen molar-refractivity contribution in [2.45, 2.75) is 33.1 Å². The Morgan fingerprint density at radius 2 is 2.00 bits per heavy atom. The summed E-state index contributed by atoms with van der Waals surface area (Å²) in [4.78, 5) is 18.7. The molecule has 1 aromatic carbocycles. The summed E-state index contributed by atoms with van der Waals surface area (Å²) < 4.78 is 0. The lowest BCUT2D eigenvalue weighted by atomic mass is 9.87. The Hall–Kier alpha value is -2.04. The summed E-state index contributed by atoms with van der Waals surface area (Å²) in [6, 6.07) is 9.51. The Balaban J connectivity index is 1.81. The van der Waals surface area contributed by atoms with E-state index in [1.807, 2.05) is 30.3 Å². The van der Waals surface area contributed by atoms with Crippen molar-refractivity contribution in [1.82, 2.24) is 10.2 Å². The van der Waals surface area contributed by atoms with Crippen LogP contribution in [0.15, 0.2) is 35.3 Å². The van der Waals surface area contributed by atoms with Crippen LogP contribution in [0.1, 0.15) is 33.1 Å². The molecule has 1 fully saturated rings. The quantitative estimate of drug-likeness (QED) is 0.623. The van der Waals surface area contributed by atoms with Crippen LogP contribution in [0.4, 0.5) is 5.69 Å². The summed E-state index contributed by atoms with van der Waals surface area (Å²) in [5, 5.41) is 6.07. The van der Waals surface area contributed by atoms with Crippen molar-refractivity contribution in [3.63, 3.8) is 0 Å². The number of hydrogen-bond acceptors (Lipinski definition) is 2. The molecular weight excluding hydrogens is 300 g/mol. The zero-order valence-corrected chi connectivity index (χ0v) is 15.1. The molecule has 0 aromatic heterocycles. The summed E-state index contributed by atoms with van der Waals surface area (Å²) in [5.74, 6) is 2.29. The molecule has 24 heavy (non-hydrogen) atoms. The Labute approximate surface area is 145 Å². The summed E-state index contributed by atoms with van der Waals surface area (Å²) in [6.07, 6.45) is 3.68. The van der Waals surface area contributed by atoms with Crippen molar-refractivity contribution >= 4 is 17.6 Å². The Kier molecular flexibility index (Phi) is 7.09. The van der Waals surface area contributed by atoms with Crippen molar-refractivity contribution in [3.8, 4) is 0 Å². The molecule has 1 amide bonds. The third kappa shape index (κ3) is 4.98. The Morgan fingerprint density at radius 3 is 2.62 bits per heavy atom. The van der Waals surface area contributed by atoms with E-state index in [1.165, 1.54) is 19.3 Å². The lowest BCUT2D eigenvalue weighted by Crippen LogP contribution is -2.43. The van der Waals surface area contributed by atoms with Crippen LogP contribution < -0.4 is 10.6 Å². The van der Waals surface area contributed by atoms with Crippen LogP contribution in [0.3, 0.4) is 0 Å². The minimum absolute atomic E-state index is 0.0573. The lowest BCUT2D eigenvalue weighted by Gasteiger charge is -2.24. The number of nitrogens with one attached hydrogen (secondary N) is 2. The van der Waals surface area contributed by atoms with E-state index in [9.17, 15) is 4.79 Å². The predicted octanol–water partition coefficient (Wildman–Crippen LogP) is 2.96. The number of para-hydroxylation sites is 1. The fourth-order valence-electron chi connectivity index (χ4n) is 3.54. The largest absolute Gasteiger partial charge is 0.347 e. The topological polar surface area (TPSA) is 56.7 Å². The van der Waals surface area contributed by atoms with Gasteiger partial charge in [-0.25, -0.2) is 0 Å². The van der Waals surface area contributed by atoms with Crippen molar-refractivity contribution in [2.24, 2.45) is 16.8 Å². The van der Waals surface area contributed by atoms with Gasteiger partial charge in [0.05, 0.1) is 6.54 Å². The SMILES string of the molecule is CCC(CC)C1CCN(C(=NC)NCC(=O)Nc2ccccc2)C1. The van der Waals surface area contributed by atoms with Crippen molar-refractivity contribution in [2.75, 3.05) is 32.0 Å². The summed E-state index contributed by atoms with van der Waals surface area (Å²) in [6.45, 7) is 6.83. The standard InChI is InChI=1S/C19H30N4O/c1-4-15(5-2)16-11-12-23(14-16)19(20-3)21-13-18(24)22-17-9-7-6-8-10-17/h6-10,15-16H,4-5,11-14H2,1-3H3,(H,20,21)(H,22,24). The van der Waals surface area contributed by atoms with Gasteiger partial charge in [0.2, 0.25) is 5.91 Å². The molecular formula is C19H30N4O. The number of hydrogen-bond donors (Lipinski definition) is 2. The van der Waals surface area contributed by atoms with E-state index >= 15 is 0 Å². The summed E-state index contributed by atoms with van der Waals surface area (Å²) in [5.41, 5.74) is 0.814. The van der Waals surface area contributed by atoms with Gasteiger partial charge in [-0.2, -0.15) is 0 Å². The van der Waals surface area contributed by atoms with Crippen LogP contribution in [-0.2, 0) is 4.79 Å². The maximum absolute atomic E-state index is 12.1. The highest BCUT2D eigenvalue weighted by Gasteiger charge is 2.29. The monoisotopic (exact) mass is 330 g/mol. The number of benzene rings is 1. The molecule has 0 saturated carbocycles.